The second-order valence-electron chi connectivity index (χ2n) is 8.87. The van der Waals surface area contributed by atoms with Gasteiger partial charge in [0.05, 0.1) is 6.61 Å². The Hall–Kier alpha value is -3.09. The van der Waals surface area contributed by atoms with Crippen LogP contribution >= 0.6 is 0 Å². The standard InChI is InChI=1S/C24H33N3O4/c1-7-30-21(28)18-13-14-19(27-20(18)26-17-11-9-8-10-12-17)24(5,6)15-16-25-22(29)31-23(2,3)4/h8-14H,7,15-16H2,1-6H3,(H,25,29)(H,26,27). The maximum atomic E-state index is 12.4. The number of para-hydroxylation sites is 1. The van der Waals surface area contributed by atoms with Gasteiger partial charge in [-0.15, -0.1) is 0 Å². The molecule has 0 aliphatic carbocycles. The first-order chi connectivity index (χ1) is 14.5. The Labute approximate surface area is 184 Å². The van der Waals surface area contributed by atoms with Gasteiger partial charge in [0.2, 0.25) is 0 Å². The lowest BCUT2D eigenvalue weighted by molar-refractivity contribution is 0.0514. The lowest BCUT2D eigenvalue weighted by Crippen LogP contribution is -2.35. The van der Waals surface area contributed by atoms with Crippen LogP contribution in [0.3, 0.4) is 0 Å². The number of anilines is 2. The second kappa shape index (κ2) is 10.3. The van der Waals surface area contributed by atoms with Gasteiger partial charge >= 0.3 is 12.1 Å². The van der Waals surface area contributed by atoms with Crippen LogP contribution in [-0.2, 0) is 14.9 Å². The number of pyridine rings is 1. The number of nitrogens with one attached hydrogen (secondary N) is 2. The van der Waals surface area contributed by atoms with Gasteiger partial charge in [-0.2, -0.15) is 0 Å². The van der Waals surface area contributed by atoms with E-state index in [1.165, 1.54) is 0 Å². The van der Waals surface area contributed by atoms with Crippen LogP contribution in [0, 0.1) is 0 Å². The van der Waals surface area contributed by atoms with Crippen LogP contribution in [0.4, 0.5) is 16.3 Å². The topological polar surface area (TPSA) is 89.5 Å². The molecule has 0 atom stereocenters. The number of hydrogen-bond donors (Lipinski definition) is 2. The van der Waals surface area contributed by atoms with Crippen LogP contribution in [0.2, 0.25) is 0 Å². The van der Waals surface area contributed by atoms with E-state index in [0.29, 0.717) is 24.3 Å². The maximum absolute atomic E-state index is 12.4. The minimum atomic E-state index is -0.540. The van der Waals surface area contributed by atoms with Gasteiger partial charge in [-0.05, 0) is 58.4 Å². The highest BCUT2D eigenvalue weighted by molar-refractivity contribution is 5.95. The molecule has 7 nitrogen and oxygen atoms in total. The molecule has 0 spiro atoms. The molecule has 0 unspecified atom stereocenters. The minimum Gasteiger partial charge on any atom is -0.462 e. The molecule has 0 aliphatic heterocycles. The molecule has 0 saturated carbocycles. The predicted octanol–water partition coefficient (Wildman–Crippen LogP) is 5.19. The van der Waals surface area contributed by atoms with E-state index in [1.807, 2.05) is 71.0 Å². The minimum absolute atomic E-state index is 0.285. The van der Waals surface area contributed by atoms with Crippen molar-refractivity contribution in [3.05, 3.63) is 53.7 Å². The maximum Gasteiger partial charge on any atom is 0.407 e. The Morgan fingerprint density at radius 2 is 1.68 bits per heavy atom. The molecule has 168 valence electrons. The summed E-state index contributed by atoms with van der Waals surface area (Å²) >= 11 is 0. The third kappa shape index (κ3) is 7.59. The molecule has 0 fully saturated rings. The lowest BCUT2D eigenvalue weighted by atomic mass is 9.85. The largest absolute Gasteiger partial charge is 0.462 e. The summed E-state index contributed by atoms with van der Waals surface area (Å²) in [4.78, 5) is 29.1. The lowest BCUT2D eigenvalue weighted by Gasteiger charge is -2.26. The summed E-state index contributed by atoms with van der Waals surface area (Å²) in [6.07, 6.45) is 0.198. The van der Waals surface area contributed by atoms with Gasteiger partial charge in [-0.3, -0.25) is 0 Å². The molecule has 2 rings (SSSR count). The van der Waals surface area contributed by atoms with E-state index in [9.17, 15) is 9.59 Å². The van der Waals surface area contributed by atoms with E-state index < -0.39 is 17.7 Å². The zero-order valence-corrected chi connectivity index (χ0v) is 19.2. The number of aromatic nitrogens is 1. The second-order valence-corrected chi connectivity index (χ2v) is 8.87. The summed E-state index contributed by atoms with van der Waals surface area (Å²) in [6.45, 7) is 12.1. The Balaban J connectivity index is 2.19. The number of ether oxygens (including phenoxy) is 2. The zero-order valence-electron chi connectivity index (χ0n) is 19.2. The molecule has 31 heavy (non-hydrogen) atoms. The monoisotopic (exact) mass is 427 g/mol. The van der Waals surface area contributed by atoms with Gasteiger partial charge in [0.1, 0.15) is 17.0 Å². The number of carbonyl (C=O) groups is 2. The van der Waals surface area contributed by atoms with Gasteiger partial charge in [0.25, 0.3) is 0 Å². The summed E-state index contributed by atoms with van der Waals surface area (Å²) in [7, 11) is 0. The first-order valence-electron chi connectivity index (χ1n) is 10.5. The van der Waals surface area contributed by atoms with Crippen LogP contribution in [0.25, 0.3) is 0 Å². The van der Waals surface area contributed by atoms with Crippen molar-refractivity contribution in [3.63, 3.8) is 0 Å². The SMILES string of the molecule is CCOC(=O)c1ccc(C(C)(C)CCNC(=O)OC(C)(C)C)nc1Nc1ccccc1. The molecule has 0 saturated heterocycles. The molecule has 1 aromatic heterocycles. The summed E-state index contributed by atoms with van der Waals surface area (Å²) in [5.74, 6) is 0.0136. The van der Waals surface area contributed by atoms with Crippen LogP contribution in [0.1, 0.15) is 64.0 Å². The smallest absolute Gasteiger partial charge is 0.407 e. The highest BCUT2D eigenvalue weighted by Gasteiger charge is 2.25. The third-order valence-corrected chi connectivity index (χ3v) is 4.54. The highest BCUT2D eigenvalue weighted by Crippen LogP contribution is 2.29. The van der Waals surface area contributed by atoms with Crippen molar-refractivity contribution in [1.29, 1.82) is 0 Å². The highest BCUT2D eigenvalue weighted by atomic mass is 16.6. The molecule has 0 radical (unpaired) electrons. The predicted molar refractivity (Wildman–Crippen MR) is 122 cm³/mol. The average molecular weight is 428 g/mol. The average Bonchev–Trinajstić information content (AvgIpc) is 2.67. The molecule has 0 aliphatic rings. The molecule has 1 aromatic carbocycles. The van der Waals surface area contributed by atoms with Crippen LogP contribution in [-0.4, -0.2) is 35.8 Å². The first-order valence-corrected chi connectivity index (χ1v) is 10.5. The van der Waals surface area contributed by atoms with Gasteiger partial charge in [0.15, 0.2) is 0 Å². The van der Waals surface area contributed by atoms with E-state index in [4.69, 9.17) is 14.5 Å². The summed E-state index contributed by atoms with van der Waals surface area (Å²) in [6, 6.07) is 13.1. The van der Waals surface area contributed by atoms with Crippen LogP contribution < -0.4 is 10.6 Å². The molecule has 7 heteroatoms. The Morgan fingerprint density at radius 1 is 1.00 bits per heavy atom. The number of amides is 1. The third-order valence-electron chi connectivity index (χ3n) is 4.54. The normalized spacial score (nSPS) is 11.5. The van der Waals surface area contributed by atoms with Crippen molar-refractivity contribution in [2.75, 3.05) is 18.5 Å². The van der Waals surface area contributed by atoms with Crippen LogP contribution in [0.15, 0.2) is 42.5 Å². The molecule has 2 N–H and O–H groups in total. The summed E-state index contributed by atoms with van der Waals surface area (Å²) in [5, 5.41) is 6.01. The Kier molecular flexibility index (Phi) is 8.02. The van der Waals surface area contributed by atoms with Gasteiger partial charge in [0, 0.05) is 23.3 Å². The van der Waals surface area contributed by atoms with Gasteiger partial charge in [-0.1, -0.05) is 32.0 Å². The molecular formula is C24H33N3O4. The van der Waals surface area contributed by atoms with E-state index in [2.05, 4.69) is 10.6 Å². The summed E-state index contributed by atoms with van der Waals surface area (Å²) in [5.41, 5.74) is 1.10. The van der Waals surface area contributed by atoms with Crippen molar-refractivity contribution < 1.29 is 19.1 Å². The molecule has 1 heterocycles. The number of alkyl carbamates (subject to hydrolysis) is 1. The molecular weight excluding hydrogens is 394 g/mol. The van der Waals surface area contributed by atoms with E-state index in [0.717, 1.165) is 11.4 Å². The Bertz CT molecular complexity index is 889. The quantitative estimate of drug-likeness (QED) is 0.563. The van der Waals surface area contributed by atoms with Crippen molar-refractivity contribution >= 4 is 23.6 Å². The fourth-order valence-corrected chi connectivity index (χ4v) is 2.88. The van der Waals surface area contributed by atoms with E-state index in [-0.39, 0.29) is 12.0 Å². The first kappa shape index (κ1) is 24.2. The van der Waals surface area contributed by atoms with Gasteiger partial charge < -0.3 is 20.1 Å². The van der Waals surface area contributed by atoms with E-state index in [1.54, 1.807) is 13.0 Å². The number of hydrogen-bond acceptors (Lipinski definition) is 6. The van der Waals surface area contributed by atoms with Gasteiger partial charge in [-0.25, -0.2) is 14.6 Å². The number of carbonyl (C=O) groups excluding carboxylic acids is 2. The number of rotatable bonds is 8. The van der Waals surface area contributed by atoms with Crippen LogP contribution in [0.5, 0.6) is 0 Å². The van der Waals surface area contributed by atoms with Crippen molar-refractivity contribution in [2.45, 2.75) is 59.0 Å². The molecule has 0 bridgehead atoms. The molecule has 2 aromatic rings. The van der Waals surface area contributed by atoms with Crippen molar-refractivity contribution in [2.24, 2.45) is 0 Å². The fraction of sp³-hybridized carbons (Fsp3) is 0.458. The number of benzene rings is 1. The van der Waals surface area contributed by atoms with Crippen molar-refractivity contribution in [3.8, 4) is 0 Å². The molecule has 1 amide bonds. The fourth-order valence-electron chi connectivity index (χ4n) is 2.88. The zero-order chi connectivity index (χ0) is 23.1. The number of nitrogens with zero attached hydrogens (tertiary/aromatic N) is 1. The van der Waals surface area contributed by atoms with Crippen molar-refractivity contribution in [1.82, 2.24) is 10.3 Å². The summed E-state index contributed by atoms with van der Waals surface area (Å²) < 4.78 is 10.5. The Morgan fingerprint density at radius 3 is 2.29 bits per heavy atom. The van der Waals surface area contributed by atoms with E-state index >= 15 is 0 Å². The number of esters is 1.